The molecular weight excluding hydrogens is 1420 g/mol. The zero-order valence-corrected chi connectivity index (χ0v) is 66.8. The first-order chi connectivity index (χ1) is 40.8. The second kappa shape index (κ2) is 35.8. The fourth-order valence-electron chi connectivity index (χ4n) is 9.53. The van der Waals surface area contributed by atoms with Crippen LogP contribution in [0.2, 0.25) is 5.15 Å². The van der Waals surface area contributed by atoms with E-state index in [9.17, 15) is 52.8 Å². The molecule has 8 rings (SSSR count). The summed E-state index contributed by atoms with van der Waals surface area (Å²) in [7, 11) is -5.31. The number of aryl methyl sites for hydroxylation is 4. The molecule has 2 saturated heterocycles. The summed E-state index contributed by atoms with van der Waals surface area (Å²) in [5.74, 6) is -0.169. The summed E-state index contributed by atoms with van der Waals surface area (Å²) in [5, 5.41) is 28.0. The molecule has 6 aromatic heterocycles. The van der Waals surface area contributed by atoms with E-state index in [2.05, 4.69) is 68.0 Å². The van der Waals surface area contributed by atoms with E-state index in [0.29, 0.717) is 23.5 Å². The van der Waals surface area contributed by atoms with Crippen molar-refractivity contribution in [3.05, 3.63) is 87.8 Å². The number of alkyl halides is 6. The number of ether oxygens (including phenoxy) is 2. The van der Waals surface area contributed by atoms with Gasteiger partial charge in [0.05, 0.1) is 44.7 Å². The van der Waals surface area contributed by atoms with Crippen LogP contribution in [0.3, 0.4) is 0 Å². The normalized spacial score (nSPS) is 15.8. The van der Waals surface area contributed by atoms with Crippen molar-refractivity contribution in [1.82, 2.24) is 63.9 Å². The smallest absolute Gasteiger partial charge is 1.00 e. The number of nitrogens with one attached hydrogen (secondary N) is 3. The molecule has 0 spiro atoms. The first-order valence-corrected chi connectivity index (χ1v) is 30.7. The molecule has 2 fully saturated rings. The van der Waals surface area contributed by atoms with E-state index in [1.54, 1.807) is 34.9 Å². The Bertz CT molecular complexity index is 3790. The van der Waals surface area contributed by atoms with Crippen molar-refractivity contribution in [2.24, 2.45) is 36.8 Å². The van der Waals surface area contributed by atoms with Crippen molar-refractivity contribution in [1.29, 1.82) is 0 Å². The molecule has 2 aliphatic heterocycles. The Hall–Kier alpha value is -3.10. The summed E-state index contributed by atoms with van der Waals surface area (Å²) in [6.07, 6.45) is -3.91. The molecule has 0 aliphatic carbocycles. The third kappa shape index (κ3) is 23.2. The van der Waals surface area contributed by atoms with Crippen LogP contribution in [0.5, 0.6) is 11.8 Å². The summed E-state index contributed by atoms with van der Waals surface area (Å²) in [5.41, 5.74) is -3.12. The third-order valence-corrected chi connectivity index (χ3v) is 18.0. The molecule has 2 atom stereocenters. The van der Waals surface area contributed by atoms with Crippen molar-refractivity contribution in [3.63, 3.8) is 0 Å². The Morgan fingerprint density at radius 2 is 1.10 bits per heavy atom. The van der Waals surface area contributed by atoms with Crippen LogP contribution in [0.25, 0.3) is 11.6 Å². The van der Waals surface area contributed by atoms with Crippen LogP contribution < -0.4 is 137 Å². The molecule has 39 heteroatoms. The molecule has 0 bridgehead atoms. The maximum atomic E-state index is 13.5. The maximum Gasteiger partial charge on any atom is 1.00 e. The van der Waals surface area contributed by atoms with Gasteiger partial charge in [0.2, 0.25) is 11.8 Å². The predicted octanol–water partition coefficient (Wildman–Crippen LogP) is 2.28. The van der Waals surface area contributed by atoms with Crippen molar-refractivity contribution in [2.75, 3.05) is 31.2 Å². The van der Waals surface area contributed by atoms with Gasteiger partial charge in [0.15, 0.2) is 11.6 Å². The van der Waals surface area contributed by atoms with Crippen LogP contribution >= 0.6 is 51.0 Å². The van der Waals surface area contributed by atoms with Gasteiger partial charge in [-0.05, 0) is 139 Å². The quantitative estimate of drug-likeness (QED) is 0.0313. The summed E-state index contributed by atoms with van der Waals surface area (Å²) < 4.78 is 151. The van der Waals surface area contributed by atoms with Gasteiger partial charge in [-0.15, -0.1) is 22.6 Å². The summed E-state index contributed by atoms with van der Waals surface area (Å²) in [6.45, 7) is 23.5. The number of carbonyl (C=O) groups is 3. The first kappa shape index (κ1) is 90.9. The number of amides is 2. The number of hydrogen-bond acceptors (Lipinski definition) is 19. The van der Waals surface area contributed by atoms with Gasteiger partial charge < -0.3 is 31.3 Å². The van der Waals surface area contributed by atoms with Crippen LogP contribution in [0.4, 0.5) is 32.2 Å². The van der Waals surface area contributed by atoms with Crippen molar-refractivity contribution in [2.45, 2.75) is 143 Å². The zero-order valence-electron chi connectivity index (χ0n) is 56.4. The minimum absolute atomic E-state index is 0. The number of nitrogens with zero attached hydrogens (tertiary/aromatic N) is 11. The van der Waals surface area contributed by atoms with Crippen LogP contribution in [-0.4, -0.2) is 134 Å². The number of aromatic nitrogens is 10. The van der Waals surface area contributed by atoms with E-state index in [-0.39, 0.29) is 223 Å². The van der Waals surface area contributed by atoms with E-state index in [4.69, 9.17) is 36.1 Å². The van der Waals surface area contributed by atoms with E-state index < -0.39 is 73.8 Å². The van der Waals surface area contributed by atoms with Crippen LogP contribution in [0, 0.1) is 50.4 Å². The van der Waals surface area contributed by atoms with E-state index in [0.717, 1.165) is 40.0 Å². The first-order valence-electron chi connectivity index (χ1n) is 27.4. The second-order valence-corrected chi connectivity index (χ2v) is 27.8. The van der Waals surface area contributed by atoms with Crippen molar-refractivity contribution >= 4 is 95.2 Å². The van der Waals surface area contributed by atoms with Crippen LogP contribution in [0.15, 0.2) is 58.6 Å². The third-order valence-electron chi connectivity index (χ3n) is 14.5. The van der Waals surface area contributed by atoms with E-state index >= 15 is 0 Å². The predicted molar refractivity (Wildman–Crippen MR) is 340 cm³/mol. The molecule has 0 aromatic carbocycles. The van der Waals surface area contributed by atoms with Gasteiger partial charge in [-0.3, -0.25) is 23.7 Å². The number of carbonyl (C=O) groups excluding carboxylic acids is 3. The van der Waals surface area contributed by atoms with Crippen LogP contribution in [-0.2, 0) is 43.8 Å². The van der Waals surface area contributed by atoms with Gasteiger partial charge >= 0.3 is 115 Å². The minimum atomic E-state index is -4.46. The Morgan fingerprint density at radius 3 is 1.40 bits per heavy atom. The topological polar surface area (TPSA) is 307 Å². The summed E-state index contributed by atoms with van der Waals surface area (Å²) >= 11 is 6.11. The fraction of sp³-hybridized carbons (Fsp3) is 0.545. The maximum absolute atomic E-state index is 13.5. The van der Waals surface area contributed by atoms with Gasteiger partial charge in [0.25, 0.3) is 38.3 Å². The largest absolute Gasteiger partial charge is 1.00 e. The Labute approximate surface area is 654 Å². The molecule has 94 heavy (non-hydrogen) atoms. The number of rotatable bonds is 16. The van der Waals surface area contributed by atoms with Crippen molar-refractivity contribution < 1.29 is 181 Å². The fourth-order valence-corrected chi connectivity index (χ4v) is 12.6. The van der Waals surface area contributed by atoms with E-state index in [1.807, 2.05) is 23.5 Å². The Morgan fingerprint density at radius 1 is 0.702 bits per heavy atom. The molecule has 0 radical (unpaired) electrons. The van der Waals surface area contributed by atoms with Crippen LogP contribution in [0.1, 0.15) is 127 Å². The number of hydrogen-bond donors (Lipinski definition) is 3. The monoisotopic (exact) mass is 1500 g/mol. The van der Waals surface area contributed by atoms with Gasteiger partial charge in [-0.2, -0.15) is 63.5 Å². The molecule has 518 valence electrons. The summed E-state index contributed by atoms with van der Waals surface area (Å²) in [6, 6.07) is 8.28. The standard InChI is InChI=1S/C27H36F3N7O4S.C20H22ClF3N6O4S.C7H15N.CH2O3.ClH.2K.2H2S.H/c1-16-13-26(6,7)36(14-16)23-19(24(38)34-42(39,40)22-17(2)32-35(8)18(22)3)9-10-20(31-23)37-12-11-21(33-37)41-15-25(4,5)27(28,29)30;1-11-16(12(2)29(5)26-11)35(32,33)28-18(31)13-6-7-14(25-17(13)21)30-9-8-15(27-30)34-10-19(3,4)20(22,23)24;1-6-4-7(2,3)8-5-6;2-1-4-3;;;;;;/h9-12,16H,13-15H2,1-8H3,(H,34,38);6-9H,10H2,1-5H3,(H,28,31);6,8H,4-5H2,1-3H3;1,3H;1H;;;2*1H2;/q;;;;;2*+1;;;-1/p-1/t16-;;6-;;;;;;;/m0.0......./s1. The SMILES string of the molecule is C[C@@H]1CNC(C)(C)C1.Cc1nn(C)c(C)c1S(=O)(=O)NC(=O)c1ccc(-n2ccc(OCC(C)(C)C(F)(F)F)n2)nc1Cl.Cc1nn(C)c(C)c1S(=O)(=O)NC(=O)c1ccc(-n2ccc(OCC(C)(C)C(F)(F)F)n2)nc1N1C[C@@H](C)CC1(C)C.Cl.O=CO[O-].S.S.[H-].[K+].[K+]. The number of pyridine rings is 2. The number of sulfonamides is 2. The molecule has 25 nitrogen and oxygen atoms in total. The number of halogens is 8. The molecule has 8 heterocycles. The van der Waals surface area contributed by atoms with Gasteiger partial charge in [0.1, 0.15) is 34.0 Å². The molecule has 0 saturated carbocycles. The zero-order chi connectivity index (χ0) is 67.4. The van der Waals surface area contributed by atoms with Gasteiger partial charge in [-0.1, -0.05) is 25.4 Å². The molecule has 2 aliphatic rings. The molecule has 3 N–H and O–H groups in total. The molecular formula is C55H80Cl2F6K2N14O11S4. The van der Waals surface area contributed by atoms with E-state index in [1.165, 1.54) is 87.4 Å². The minimum Gasteiger partial charge on any atom is -1.00 e. The van der Waals surface area contributed by atoms with Gasteiger partial charge in [0, 0.05) is 56.2 Å². The van der Waals surface area contributed by atoms with Gasteiger partial charge in [-0.25, -0.2) is 45.6 Å². The Balaban J connectivity index is 0. The average Bonchev–Trinajstić information content (AvgIpc) is 1.71. The van der Waals surface area contributed by atoms with Crippen molar-refractivity contribution in [3.8, 4) is 23.4 Å². The molecule has 6 aromatic rings. The summed E-state index contributed by atoms with van der Waals surface area (Å²) in [4.78, 5) is 47.9. The molecule has 0 unspecified atom stereocenters. The second-order valence-electron chi connectivity index (χ2n) is 24.2. The Kier molecular flexibility index (Phi) is 34.6. The number of anilines is 1. The average molecular weight is 1500 g/mol. The molecule has 2 amide bonds.